The number of fused-ring (bicyclic) bond motifs is 1. The summed E-state index contributed by atoms with van der Waals surface area (Å²) in [6.45, 7) is 0. The van der Waals surface area contributed by atoms with Gasteiger partial charge in [-0.2, -0.15) is 0 Å². The predicted octanol–water partition coefficient (Wildman–Crippen LogP) is 9.57. The Hall–Kier alpha value is -6.68. The number of ether oxygens (including phenoxy) is 1. The van der Waals surface area contributed by atoms with E-state index in [0.29, 0.717) is 29.9 Å². The Morgan fingerprint density at radius 3 is 1.73 bits per heavy atom. The second-order valence-electron chi connectivity index (χ2n) is 14.4. The van der Waals surface area contributed by atoms with Crippen LogP contribution in [0.3, 0.4) is 0 Å². The van der Waals surface area contributed by atoms with E-state index in [0.717, 1.165) is 76.0 Å². The fourth-order valence-electron chi connectivity index (χ4n) is 7.79. The minimum absolute atomic E-state index is 0. The number of benzene rings is 5. The van der Waals surface area contributed by atoms with Gasteiger partial charge in [0.15, 0.2) is 22.9 Å². The Kier molecular flexibility index (Phi) is 14.2. The molecule has 0 saturated carbocycles. The smallest absolute Gasteiger partial charge is 0.762 e. The standard InChI is InChI=1S/C29H24O3.C21H17O2.BF3.FH/c30-26-18-10-17-24-25(21-11-4-1-5-12-21)19-29(32-28(24)26,23-15-8-3-9-16-23)20-27(31)22-13-6-2-7-14-22;22-19-13-7-12-17-18(15-8-3-1-4-9-15)14-20(23-21(17)19)16-10-5-2-6-11-16;2-1(3)4;/h1-9,11-16,19H,10,17-18,20H2;1-6,8-11,14H,7,12-13H2;;1H/q;+1;;/p-1. The lowest BCUT2D eigenvalue weighted by Crippen LogP contribution is -3.00. The predicted molar refractivity (Wildman–Crippen MR) is 225 cm³/mol. The van der Waals surface area contributed by atoms with Crippen LogP contribution in [0, 0.1) is 0 Å². The van der Waals surface area contributed by atoms with Crippen molar-refractivity contribution >= 4 is 30.5 Å². The molecule has 0 amide bonds. The number of carbonyl (C=O) groups excluding carboxylic acids is 3. The van der Waals surface area contributed by atoms with Crippen molar-refractivity contribution in [1.29, 1.82) is 0 Å². The molecular formula is C50H41BF4O5. The molecule has 0 saturated heterocycles. The minimum Gasteiger partial charge on any atom is -1.00 e. The third-order valence-corrected chi connectivity index (χ3v) is 10.5. The van der Waals surface area contributed by atoms with Crippen LogP contribution >= 0.6 is 0 Å². The fraction of sp³-hybridized carbons (Fsp3) is 0.160. The van der Waals surface area contributed by atoms with Crippen LogP contribution in [0.25, 0.3) is 28.0 Å². The summed E-state index contributed by atoms with van der Waals surface area (Å²) in [7, 11) is -3.67. The SMILES string of the molecule is FB(F)F.O=C1CCCC2=C1OC(CC(=O)c1ccccc1)(c1ccccc1)C=C2c1ccccc1.O=C1CCCc2c(-c3ccccc3)cc(-c3ccccc3)[o+]c21.[F-]. The van der Waals surface area contributed by atoms with E-state index in [4.69, 9.17) is 9.15 Å². The van der Waals surface area contributed by atoms with E-state index in [-0.39, 0.29) is 28.5 Å². The van der Waals surface area contributed by atoms with Gasteiger partial charge in [-0.25, -0.2) is 4.42 Å². The number of hydrogen-bond donors (Lipinski definition) is 0. The average Bonchev–Trinajstić information content (AvgIpc) is 3.28. The molecule has 6 aromatic rings. The van der Waals surface area contributed by atoms with E-state index in [9.17, 15) is 27.3 Å². The van der Waals surface area contributed by atoms with Crippen molar-refractivity contribution in [1.82, 2.24) is 0 Å². The molecular weight excluding hydrogens is 767 g/mol. The molecule has 5 aromatic carbocycles. The van der Waals surface area contributed by atoms with Gasteiger partial charge in [-0.15, -0.1) is 0 Å². The van der Waals surface area contributed by atoms with E-state index < -0.39 is 13.1 Å². The Bertz CT molecular complexity index is 2480. The third-order valence-electron chi connectivity index (χ3n) is 10.5. The van der Waals surface area contributed by atoms with Crippen LogP contribution in [0.2, 0.25) is 0 Å². The molecule has 2 aliphatic carbocycles. The number of carbonyl (C=O) groups is 3. The topological polar surface area (TPSA) is 71.7 Å². The average molecular weight is 809 g/mol. The van der Waals surface area contributed by atoms with Gasteiger partial charge < -0.3 is 9.44 Å². The van der Waals surface area contributed by atoms with Gasteiger partial charge in [0, 0.05) is 29.5 Å². The van der Waals surface area contributed by atoms with Gasteiger partial charge in [0.25, 0.3) is 5.78 Å². The van der Waals surface area contributed by atoms with Gasteiger partial charge in [0.2, 0.25) is 0 Å². The van der Waals surface area contributed by atoms with Gasteiger partial charge in [0.05, 0.1) is 23.6 Å². The largest absolute Gasteiger partial charge is 1.00 e. The van der Waals surface area contributed by atoms with Crippen LogP contribution in [-0.2, 0) is 21.6 Å². The first kappa shape index (κ1) is 42.9. The lowest BCUT2D eigenvalue weighted by Gasteiger charge is -2.39. The maximum Gasteiger partial charge on any atom is 0.762 e. The second-order valence-corrected chi connectivity index (χ2v) is 14.4. The van der Waals surface area contributed by atoms with Crippen molar-refractivity contribution < 1.29 is 41.2 Å². The zero-order valence-electron chi connectivity index (χ0n) is 32.7. The molecule has 0 spiro atoms. The van der Waals surface area contributed by atoms with E-state index in [1.165, 1.54) is 0 Å². The first-order valence-corrected chi connectivity index (χ1v) is 19.7. The van der Waals surface area contributed by atoms with Gasteiger partial charge in [0.1, 0.15) is 0 Å². The molecule has 2 heterocycles. The van der Waals surface area contributed by atoms with E-state index in [1.807, 2.05) is 127 Å². The van der Waals surface area contributed by atoms with Crippen molar-refractivity contribution in [2.24, 2.45) is 0 Å². The number of ketones is 3. The highest BCUT2D eigenvalue weighted by Crippen LogP contribution is 2.47. The highest BCUT2D eigenvalue weighted by Gasteiger charge is 2.43. The maximum atomic E-state index is 13.4. The van der Waals surface area contributed by atoms with E-state index in [1.54, 1.807) is 0 Å². The molecule has 0 bridgehead atoms. The lowest BCUT2D eigenvalue weighted by atomic mass is 9.77. The summed E-state index contributed by atoms with van der Waals surface area (Å²) in [5.74, 6) is 1.81. The highest BCUT2D eigenvalue weighted by molar-refractivity contribution is 6.33. The van der Waals surface area contributed by atoms with Gasteiger partial charge in [-0.05, 0) is 66.2 Å². The molecule has 60 heavy (non-hydrogen) atoms. The Morgan fingerprint density at radius 2 is 1.13 bits per heavy atom. The van der Waals surface area contributed by atoms with Crippen LogP contribution in [-0.4, -0.2) is 24.9 Å². The van der Waals surface area contributed by atoms with Crippen molar-refractivity contribution in [2.45, 2.75) is 50.5 Å². The second kappa shape index (κ2) is 19.9. The third kappa shape index (κ3) is 9.95. The zero-order valence-corrected chi connectivity index (χ0v) is 32.7. The molecule has 1 aromatic heterocycles. The number of rotatable bonds is 7. The van der Waals surface area contributed by atoms with Crippen LogP contribution in [0.15, 0.2) is 180 Å². The monoisotopic (exact) mass is 808 g/mol. The Morgan fingerprint density at radius 1 is 0.633 bits per heavy atom. The molecule has 0 fully saturated rings. The number of hydrogen-bond acceptors (Lipinski definition) is 4. The summed E-state index contributed by atoms with van der Waals surface area (Å²) >= 11 is 0. The summed E-state index contributed by atoms with van der Waals surface area (Å²) in [5, 5.41) is 0. The van der Waals surface area contributed by atoms with E-state index >= 15 is 0 Å². The summed E-state index contributed by atoms with van der Waals surface area (Å²) in [6, 6.07) is 51.4. The molecule has 5 nitrogen and oxygen atoms in total. The number of halogens is 4. The molecule has 10 heteroatoms. The lowest BCUT2D eigenvalue weighted by molar-refractivity contribution is -0.122. The number of Topliss-reactive ketones (excluding diaryl/α,β-unsaturated/α-hetero) is 3. The van der Waals surface area contributed by atoms with Crippen LogP contribution in [0.1, 0.15) is 76.1 Å². The molecule has 0 radical (unpaired) electrons. The van der Waals surface area contributed by atoms with Crippen LogP contribution < -0.4 is 4.70 Å². The van der Waals surface area contributed by atoms with Gasteiger partial charge in [-0.3, -0.25) is 27.3 Å². The van der Waals surface area contributed by atoms with Crippen LogP contribution in [0.5, 0.6) is 0 Å². The summed E-state index contributed by atoms with van der Waals surface area (Å²) in [6.07, 6.45) is 6.61. The van der Waals surface area contributed by atoms with Crippen LogP contribution in [0.4, 0.5) is 12.9 Å². The molecule has 3 aliphatic rings. The molecule has 0 N–H and O–H groups in total. The molecule has 1 atom stereocenters. The van der Waals surface area contributed by atoms with Crippen molar-refractivity contribution in [3.05, 3.63) is 203 Å². The number of allylic oxidation sites excluding steroid dienone is 3. The summed E-state index contributed by atoms with van der Waals surface area (Å²) in [5.41, 5.74) is 7.70. The van der Waals surface area contributed by atoms with Crippen molar-refractivity contribution in [3.63, 3.8) is 0 Å². The quantitative estimate of drug-likeness (QED) is 0.0696. The summed E-state index contributed by atoms with van der Waals surface area (Å²) < 4.78 is 41.6. The van der Waals surface area contributed by atoms with Gasteiger partial charge in [-0.1, -0.05) is 140 Å². The highest BCUT2D eigenvalue weighted by atomic mass is 19.4. The van der Waals surface area contributed by atoms with E-state index in [2.05, 4.69) is 36.4 Å². The fourth-order valence-corrected chi connectivity index (χ4v) is 7.79. The van der Waals surface area contributed by atoms with Crippen molar-refractivity contribution in [3.8, 4) is 22.5 Å². The first-order valence-electron chi connectivity index (χ1n) is 19.7. The van der Waals surface area contributed by atoms with Gasteiger partial charge >= 0.3 is 19.1 Å². The molecule has 9 rings (SSSR count). The Labute approximate surface area is 346 Å². The minimum atomic E-state index is -3.67. The molecule has 1 unspecified atom stereocenters. The normalized spacial score (nSPS) is 16.5. The maximum absolute atomic E-state index is 13.4. The summed E-state index contributed by atoms with van der Waals surface area (Å²) in [4.78, 5) is 38.7. The molecule has 302 valence electrons. The van der Waals surface area contributed by atoms with Crippen molar-refractivity contribution in [2.75, 3.05) is 0 Å². The Balaban J connectivity index is 0.000000190. The first-order chi connectivity index (χ1) is 28.7. The zero-order chi connectivity index (χ0) is 41.2. The molecule has 1 aliphatic heterocycles.